The molecule has 0 spiro atoms. The molecule has 1 heterocycles. The Labute approximate surface area is 180 Å². The third-order valence-corrected chi connectivity index (χ3v) is 9.49. The third kappa shape index (κ3) is 3.83. The Bertz CT molecular complexity index is 906. The average Bonchev–Trinajstić information content (AvgIpc) is 3.12. The van der Waals surface area contributed by atoms with Crippen LogP contribution >= 0.6 is 23.7 Å². The second kappa shape index (κ2) is 8.66. The van der Waals surface area contributed by atoms with Crippen molar-refractivity contribution in [1.29, 1.82) is 0 Å². The van der Waals surface area contributed by atoms with Crippen LogP contribution in [0.3, 0.4) is 0 Å². The molecule has 3 aromatic rings. The van der Waals surface area contributed by atoms with Crippen LogP contribution in [0.1, 0.15) is 17.6 Å². The highest BCUT2D eigenvalue weighted by Crippen LogP contribution is 2.75. The molecule has 148 valence electrons. The minimum atomic E-state index is -2.93. The molecule has 1 aliphatic rings. The fraction of sp³-hybridized carbons (Fsp3) is 0.174. The number of nitrogens with zero attached hydrogens (tertiary/aromatic N) is 2. The zero-order valence-electron chi connectivity index (χ0n) is 15.9. The number of benzene rings is 3. The molecule has 6 heteroatoms. The molecule has 0 saturated carbocycles. The number of carbonyl (C=O) groups excluding carboxylic acids is 1. The van der Waals surface area contributed by atoms with Crippen LogP contribution in [0.25, 0.3) is 0 Å². The van der Waals surface area contributed by atoms with Gasteiger partial charge >= 0.3 is 7.79 Å². The van der Waals surface area contributed by atoms with E-state index in [9.17, 15) is 9.69 Å². The Morgan fingerprint density at radius 1 is 0.862 bits per heavy atom. The zero-order valence-corrected chi connectivity index (χ0v) is 18.4. The average molecular weight is 470 g/mol. The molecule has 0 amide bonds. The predicted octanol–water partition coefficient (Wildman–Crippen LogP) is 5.86. The van der Waals surface area contributed by atoms with E-state index >= 15 is 0 Å². The Morgan fingerprint density at radius 3 is 1.79 bits per heavy atom. The highest BCUT2D eigenvalue weighted by atomic mass is 79.9. The molecule has 4 rings (SSSR count). The minimum absolute atomic E-state index is 0.262. The zero-order chi connectivity index (χ0) is 20.3. The van der Waals surface area contributed by atoms with Gasteiger partial charge in [-0.15, -0.1) is 0 Å². The largest absolute Gasteiger partial charge is 0.339 e. The maximum atomic E-state index is 12.4. The van der Waals surface area contributed by atoms with Crippen molar-refractivity contribution in [2.45, 2.75) is 12.1 Å². The van der Waals surface area contributed by atoms with E-state index in [1.165, 1.54) is 0 Å². The van der Waals surface area contributed by atoms with Gasteiger partial charge in [-0.05, 0) is 42.0 Å². The first kappa shape index (κ1) is 20.1. The van der Waals surface area contributed by atoms with Gasteiger partial charge in [-0.25, -0.2) is 14.2 Å². The van der Waals surface area contributed by atoms with Crippen LogP contribution in [-0.2, 0) is 4.79 Å². The number of aldehydes is 1. The number of rotatable bonds is 6. The van der Waals surface area contributed by atoms with Gasteiger partial charge in [0.15, 0.2) is 5.66 Å². The molecule has 1 atom stereocenters. The first-order valence-corrected chi connectivity index (χ1v) is 12.1. The van der Waals surface area contributed by atoms with Crippen molar-refractivity contribution >= 4 is 41.4 Å². The minimum Gasteiger partial charge on any atom is -0.303 e. The van der Waals surface area contributed by atoms with E-state index in [0.717, 1.165) is 27.7 Å². The molecule has 1 unspecified atom stereocenters. The maximum absolute atomic E-state index is 12.4. The lowest BCUT2D eigenvalue weighted by atomic mass is 10.1. The second-order valence-corrected chi connectivity index (χ2v) is 10.7. The molecule has 0 aromatic heterocycles. The van der Waals surface area contributed by atoms with Crippen molar-refractivity contribution in [2.75, 3.05) is 22.4 Å². The molecule has 4 nitrogen and oxygen atoms in total. The van der Waals surface area contributed by atoms with E-state index in [4.69, 9.17) is 0 Å². The van der Waals surface area contributed by atoms with Gasteiger partial charge in [0.05, 0.1) is 30.9 Å². The topological polar surface area (TPSA) is 43.8 Å². The fourth-order valence-electron chi connectivity index (χ4n) is 4.00. The summed E-state index contributed by atoms with van der Waals surface area (Å²) in [5.41, 5.74) is 2.63. The molecule has 1 fully saturated rings. The monoisotopic (exact) mass is 469 g/mol. The van der Waals surface area contributed by atoms with Gasteiger partial charge in [0, 0.05) is 4.47 Å². The Balaban J connectivity index is 1.86. The highest BCUT2D eigenvalue weighted by molar-refractivity contribution is 9.10. The van der Waals surface area contributed by atoms with Crippen molar-refractivity contribution in [3.05, 3.63) is 95.0 Å². The second-order valence-electron chi connectivity index (χ2n) is 7.00. The lowest BCUT2D eigenvalue weighted by Crippen LogP contribution is -2.29. The third-order valence-electron chi connectivity index (χ3n) is 5.34. The summed E-state index contributed by atoms with van der Waals surface area (Å²) < 4.78 is 5.22. The predicted molar refractivity (Wildman–Crippen MR) is 124 cm³/mol. The summed E-state index contributed by atoms with van der Waals surface area (Å²) in [7, 11) is -2.93. The van der Waals surface area contributed by atoms with Crippen LogP contribution in [0.4, 0.5) is 11.4 Å². The van der Waals surface area contributed by atoms with Crippen molar-refractivity contribution < 1.29 is 9.69 Å². The summed E-state index contributed by atoms with van der Waals surface area (Å²) in [4.78, 5) is 24.1. The van der Waals surface area contributed by atoms with Crippen molar-refractivity contribution in [2.24, 2.45) is 0 Å². The number of anilines is 2. The number of hydrogen-bond acceptors (Lipinski definition) is 4. The number of halogens is 1. The molecule has 3 aromatic carbocycles. The van der Waals surface area contributed by atoms with Gasteiger partial charge in [0.2, 0.25) is 0 Å². The van der Waals surface area contributed by atoms with E-state index < -0.39 is 7.79 Å². The van der Waals surface area contributed by atoms with Gasteiger partial charge in [-0.2, -0.15) is 0 Å². The summed E-state index contributed by atoms with van der Waals surface area (Å²) in [6, 6.07) is 27.9. The molecule has 1 aliphatic heterocycles. The Kier molecular flexibility index (Phi) is 6.00. The van der Waals surface area contributed by atoms with E-state index in [-0.39, 0.29) is 12.1 Å². The summed E-state index contributed by atoms with van der Waals surface area (Å²) in [6.45, 7) is 1.41. The summed E-state index contributed by atoms with van der Waals surface area (Å²) in [5.74, 6) is 0. The summed E-state index contributed by atoms with van der Waals surface area (Å²) in [5, 5.41) is 0. The Morgan fingerprint density at radius 2 is 1.34 bits per heavy atom. The smallest absolute Gasteiger partial charge is 0.303 e. The molecule has 0 bridgehead atoms. The van der Waals surface area contributed by atoms with E-state index in [1.54, 1.807) is 0 Å². The van der Waals surface area contributed by atoms with Crippen molar-refractivity contribution in [1.82, 2.24) is 0 Å². The lowest BCUT2D eigenvalue weighted by Gasteiger charge is -2.36. The van der Waals surface area contributed by atoms with E-state index in [2.05, 4.69) is 25.3 Å². The van der Waals surface area contributed by atoms with Gasteiger partial charge in [0.1, 0.15) is 6.29 Å². The van der Waals surface area contributed by atoms with Crippen LogP contribution in [0, 0.1) is 0 Å². The summed E-state index contributed by atoms with van der Waals surface area (Å²) >= 11 is 3.48. The van der Waals surface area contributed by atoms with Gasteiger partial charge in [-0.3, -0.25) is 0 Å². The molecular weight excluding hydrogens is 447 g/mol. The standard InChI is InChI=1S/C23H23BrN2O2P/c24-20-13-11-19(12-14-20)23(15-18-27)29(28)25(21-7-3-1-4-8-21)16-17-26(29)22-9-5-2-6-10-22/h1-14,18,23,28H,15-17H2/q+1. The Hall–Kier alpha value is -2.20. The van der Waals surface area contributed by atoms with Gasteiger partial charge < -0.3 is 4.79 Å². The first-order chi connectivity index (χ1) is 14.1. The van der Waals surface area contributed by atoms with Crippen molar-refractivity contribution in [3.8, 4) is 0 Å². The number of carbonyl (C=O) groups is 1. The van der Waals surface area contributed by atoms with E-state index in [1.807, 2.05) is 84.9 Å². The fourth-order valence-corrected chi connectivity index (χ4v) is 7.86. The first-order valence-electron chi connectivity index (χ1n) is 9.61. The van der Waals surface area contributed by atoms with Crippen molar-refractivity contribution in [3.63, 3.8) is 0 Å². The SMILES string of the molecule is O=CCC(c1ccc(Br)cc1)[P+]1(O)N(c2ccccc2)CCN1c1ccccc1. The van der Waals surface area contributed by atoms with E-state index in [0.29, 0.717) is 13.1 Å². The molecule has 0 radical (unpaired) electrons. The molecule has 29 heavy (non-hydrogen) atoms. The van der Waals surface area contributed by atoms with Crippen LogP contribution in [0.5, 0.6) is 0 Å². The molecule has 1 N–H and O–H groups in total. The van der Waals surface area contributed by atoms with Crippen LogP contribution in [-0.4, -0.2) is 24.3 Å². The normalized spacial score (nSPS) is 16.6. The molecular formula is C23H23BrN2O2P+. The quantitative estimate of drug-likeness (QED) is 0.362. The lowest BCUT2D eigenvalue weighted by molar-refractivity contribution is -0.107. The molecule has 0 aliphatic carbocycles. The number of hydrogen-bond donors (Lipinski definition) is 1. The number of para-hydroxylation sites is 2. The maximum Gasteiger partial charge on any atom is 0.339 e. The molecule has 1 saturated heterocycles. The van der Waals surface area contributed by atoms with Gasteiger partial charge in [0.25, 0.3) is 0 Å². The highest BCUT2D eigenvalue weighted by Gasteiger charge is 2.61. The van der Waals surface area contributed by atoms with Crippen LogP contribution < -0.4 is 9.34 Å². The van der Waals surface area contributed by atoms with Gasteiger partial charge in [-0.1, -0.05) is 64.5 Å². The summed E-state index contributed by atoms with van der Waals surface area (Å²) in [6.07, 6.45) is 1.19. The van der Waals surface area contributed by atoms with Crippen LogP contribution in [0.2, 0.25) is 0 Å². The van der Waals surface area contributed by atoms with Crippen LogP contribution in [0.15, 0.2) is 89.4 Å².